The van der Waals surface area contributed by atoms with Gasteiger partial charge >= 0.3 is 0 Å². The summed E-state index contributed by atoms with van der Waals surface area (Å²) in [6.07, 6.45) is 5.13. The third-order valence-electron chi connectivity index (χ3n) is 3.56. The van der Waals surface area contributed by atoms with Crippen LogP contribution in [0.5, 0.6) is 0 Å². The van der Waals surface area contributed by atoms with Crippen molar-refractivity contribution >= 4 is 0 Å². The molecule has 0 aromatic heterocycles. The number of rotatable bonds is 4. The Kier molecular flexibility index (Phi) is 4.42. The first-order valence-electron chi connectivity index (χ1n) is 6.45. The fourth-order valence-corrected chi connectivity index (χ4v) is 2.65. The van der Waals surface area contributed by atoms with Crippen molar-refractivity contribution in [3.63, 3.8) is 0 Å². The Morgan fingerprint density at radius 2 is 2.33 bits per heavy atom. The van der Waals surface area contributed by atoms with Crippen molar-refractivity contribution in [2.75, 3.05) is 32.8 Å². The van der Waals surface area contributed by atoms with Gasteiger partial charge in [-0.25, -0.2) is 0 Å². The summed E-state index contributed by atoms with van der Waals surface area (Å²) >= 11 is 0. The van der Waals surface area contributed by atoms with Crippen LogP contribution < -0.4 is 5.32 Å². The van der Waals surface area contributed by atoms with E-state index in [0.717, 1.165) is 19.3 Å². The van der Waals surface area contributed by atoms with Crippen molar-refractivity contribution in [2.24, 2.45) is 0 Å². The summed E-state index contributed by atoms with van der Waals surface area (Å²) in [5.41, 5.74) is 0. The van der Waals surface area contributed by atoms with Crippen molar-refractivity contribution in [1.82, 2.24) is 10.2 Å². The topological polar surface area (TPSA) is 24.5 Å². The lowest BCUT2D eigenvalue weighted by atomic mass is 10.1. The predicted octanol–water partition coefficient (Wildman–Crippen LogP) is 1.24. The molecule has 0 spiro atoms. The first-order valence-corrected chi connectivity index (χ1v) is 6.45. The molecule has 15 heavy (non-hydrogen) atoms. The molecule has 1 N–H and O–H groups in total. The number of hydrogen-bond acceptors (Lipinski definition) is 3. The molecule has 2 rings (SSSR count). The van der Waals surface area contributed by atoms with Gasteiger partial charge in [-0.15, -0.1) is 0 Å². The molecule has 88 valence electrons. The molecule has 2 aliphatic heterocycles. The zero-order valence-electron chi connectivity index (χ0n) is 9.87. The fourth-order valence-electron chi connectivity index (χ4n) is 2.65. The molecule has 0 amide bonds. The van der Waals surface area contributed by atoms with E-state index < -0.39 is 0 Å². The molecule has 3 nitrogen and oxygen atoms in total. The Bertz CT molecular complexity index is 180. The maximum atomic E-state index is 5.55. The van der Waals surface area contributed by atoms with Crippen LogP contribution in [0.2, 0.25) is 0 Å². The Balaban J connectivity index is 1.71. The van der Waals surface area contributed by atoms with E-state index in [1.807, 2.05) is 0 Å². The minimum Gasteiger partial charge on any atom is -0.380 e. The molecule has 0 aromatic rings. The van der Waals surface area contributed by atoms with Crippen LogP contribution in [0.4, 0.5) is 0 Å². The van der Waals surface area contributed by atoms with Crippen LogP contribution in [0.1, 0.15) is 32.6 Å². The molecule has 3 heteroatoms. The zero-order valence-corrected chi connectivity index (χ0v) is 9.87. The molecule has 0 radical (unpaired) electrons. The Hall–Kier alpha value is -0.120. The Morgan fingerprint density at radius 3 is 3.07 bits per heavy atom. The van der Waals surface area contributed by atoms with E-state index in [1.54, 1.807) is 0 Å². The quantitative estimate of drug-likeness (QED) is 0.759. The minimum atomic E-state index is 0.701. The highest BCUT2D eigenvalue weighted by molar-refractivity contribution is 4.86. The smallest absolute Gasteiger partial charge is 0.0621 e. The van der Waals surface area contributed by atoms with E-state index >= 15 is 0 Å². The fraction of sp³-hybridized carbons (Fsp3) is 1.00. The highest BCUT2D eigenvalue weighted by Gasteiger charge is 2.28. The van der Waals surface area contributed by atoms with Gasteiger partial charge in [0.2, 0.25) is 0 Å². The SMILES string of the molecule is CCCNC1CCN(C2CCCOC2)C1. The van der Waals surface area contributed by atoms with Crippen molar-refractivity contribution in [3.8, 4) is 0 Å². The molecule has 2 unspecified atom stereocenters. The maximum Gasteiger partial charge on any atom is 0.0621 e. The van der Waals surface area contributed by atoms with Crippen LogP contribution in [0, 0.1) is 0 Å². The molecule has 0 saturated carbocycles. The number of ether oxygens (including phenoxy) is 1. The largest absolute Gasteiger partial charge is 0.380 e. The van der Waals surface area contributed by atoms with Crippen LogP contribution in [0.25, 0.3) is 0 Å². The average molecular weight is 212 g/mol. The highest BCUT2D eigenvalue weighted by Crippen LogP contribution is 2.19. The van der Waals surface area contributed by atoms with Gasteiger partial charge < -0.3 is 10.1 Å². The van der Waals surface area contributed by atoms with Gasteiger partial charge in [0.1, 0.15) is 0 Å². The highest BCUT2D eigenvalue weighted by atomic mass is 16.5. The minimum absolute atomic E-state index is 0.701. The molecule has 2 aliphatic rings. The summed E-state index contributed by atoms with van der Waals surface area (Å²) in [6.45, 7) is 7.82. The van der Waals surface area contributed by atoms with Gasteiger partial charge in [-0.2, -0.15) is 0 Å². The summed E-state index contributed by atoms with van der Waals surface area (Å²) in [5.74, 6) is 0. The standard InChI is InChI=1S/C12H24N2O/c1-2-6-13-11-5-7-14(9-11)12-4-3-8-15-10-12/h11-13H,2-10H2,1H3. The van der Waals surface area contributed by atoms with Crippen molar-refractivity contribution in [1.29, 1.82) is 0 Å². The van der Waals surface area contributed by atoms with E-state index in [1.165, 1.54) is 45.3 Å². The van der Waals surface area contributed by atoms with Crippen LogP contribution in [0.3, 0.4) is 0 Å². The first kappa shape index (κ1) is 11.4. The van der Waals surface area contributed by atoms with Crippen LogP contribution in [0.15, 0.2) is 0 Å². The number of hydrogen-bond donors (Lipinski definition) is 1. The second kappa shape index (κ2) is 5.83. The van der Waals surface area contributed by atoms with Crippen molar-refractivity contribution in [2.45, 2.75) is 44.7 Å². The molecule has 2 fully saturated rings. The number of likely N-dealkylation sites (tertiary alicyclic amines) is 1. The molecule has 0 aromatic carbocycles. The predicted molar refractivity (Wildman–Crippen MR) is 62.1 cm³/mol. The first-order chi connectivity index (χ1) is 7.40. The van der Waals surface area contributed by atoms with Gasteiger partial charge in [-0.05, 0) is 32.2 Å². The summed E-state index contributed by atoms with van der Waals surface area (Å²) < 4.78 is 5.55. The van der Waals surface area contributed by atoms with Crippen molar-refractivity contribution in [3.05, 3.63) is 0 Å². The zero-order chi connectivity index (χ0) is 10.5. The van der Waals surface area contributed by atoms with Gasteiger partial charge in [-0.1, -0.05) is 6.92 Å². The average Bonchev–Trinajstić information content (AvgIpc) is 2.76. The van der Waals surface area contributed by atoms with Crippen LogP contribution in [-0.2, 0) is 4.74 Å². The second-order valence-corrected chi connectivity index (χ2v) is 4.81. The molecule has 2 atom stereocenters. The van der Waals surface area contributed by atoms with Gasteiger partial charge in [0.25, 0.3) is 0 Å². The van der Waals surface area contributed by atoms with E-state index in [2.05, 4.69) is 17.1 Å². The normalized spacial score (nSPS) is 33.4. The summed E-state index contributed by atoms with van der Waals surface area (Å²) in [6, 6.07) is 1.43. The second-order valence-electron chi connectivity index (χ2n) is 4.81. The third kappa shape index (κ3) is 3.16. The molecular weight excluding hydrogens is 188 g/mol. The molecule has 0 bridgehead atoms. The van der Waals surface area contributed by atoms with Crippen LogP contribution >= 0.6 is 0 Å². The molecule has 2 heterocycles. The maximum absolute atomic E-state index is 5.55. The lowest BCUT2D eigenvalue weighted by Gasteiger charge is -2.30. The Morgan fingerprint density at radius 1 is 1.40 bits per heavy atom. The van der Waals surface area contributed by atoms with E-state index in [-0.39, 0.29) is 0 Å². The molecule has 0 aliphatic carbocycles. The lowest BCUT2D eigenvalue weighted by molar-refractivity contribution is 0.0261. The van der Waals surface area contributed by atoms with Gasteiger partial charge in [0.15, 0.2) is 0 Å². The number of nitrogens with one attached hydrogen (secondary N) is 1. The van der Waals surface area contributed by atoms with Gasteiger partial charge in [0, 0.05) is 31.8 Å². The van der Waals surface area contributed by atoms with Crippen molar-refractivity contribution < 1.29 is 4.74 Å². The molecular formula is C12H24N2O. The monoisotopic (exact) mass is 212 g/mol. The molecule has 2 saturated heterocycles. The summed E-state index contributed by atoms with van der Waals surface area (Å²) in [7, 11) is 0. The van der Waals surface area contributed by atoms with Gasteiger partial charge in [0.05, 0.1) is 6.61 Å². The Labute approximate surface area is 93.2 Å². The van der Waals surface area contributed by atoms with E-state index in [0.29, 0.717) is 6.04 Å². The lowest BCUT2D eigenvalue weighted by Crippen LogP contribution is -2.41. The van der Waals surface area contributed by atoms with Crippen LogP contribution in [-0.4, -0.2) is 49.8 Å². The third-order valence-corrected chi connectivity index (χ3v) is 3.56. The summed E-state index contributed by atoms with van der Waals surface area (Å²) in [5, 5.41) is 3.62. The van der Waals surface area contributed by atoms with E-state index in [9.17, 15) is 0 Å². The van der Waals surface area contributed by atoms with Gasteiger partial charge in [-0.3, -0.25) is 4.90 Å². The number of nitrogens with zero attached hydrogens (tertiary/aromatic N) is 1. The summed E-state index contributed by atoms with van der Waals surface area (Å²) in [4.78, 5) is 2.62. The van der Waals surface area contributed by atoms with E-state index in [4.69, 9.17) is 4.74 Å².